The molecule has 0 radical (unpaired) electrons. The molecule has 0 unspecified atom stereocenters. The van der Waals surface area contributed by atoms with Gasteiger partial charge in [-0.15, -0.1) is 0 Å². The molecule has 2 aromatic rings. The molecule has 0 aliphatic carbocycles. The number of amides is 2. The number of aliphatic hydroxyl groups excluding tert-OH is 1. The molecule has 6 nitrogen and oxygen atoms in total. The maximum atomic E-state index is 12.7. The Morgan fingerprint density at radius 3 is 2.43 bits per heavy atom. The van der Waals surface area contributed by atoms with Crippen LogP contribution in [0, 0.1) is 0 Å². The maximum absolute atomic E-state index is 12.7. The molecular weight excluding hydrogens is 356 g/mol. The highest BCUT2D eigenvalue weighted by Gasteiger charge is 2.27. The van der Waals surface area contributed by atoms with Gasteiger partial charge in [0.15, 0.2) is 0 Å². The van der Waals surface area contributed by atoms with Gasteiger partial charge in [-0.1, -0.05) is 31.5 Å². The van der Waals surface area contributed by atoms with Crippen molar-refractivity contribution >= 4 is 11.8 Å². The Labute approximate surface area is 165 Å². The van der Waals surface area contributed by atoms with E-state index in [-0.39, 0.29) is 30.7 Å². The lowest BCUT2D eigenvalue weighted by atomic mass is 10.0. The molecule has 0 bridgehead atoms. The summed E-state index contributed by atoms with van der Waals surface area (Å²) >= 11 is 0. The zero-order valence-corrected chi connectivity index (χ0v) is 16.1. The third-order valence-corrected chi connectivity index (χ3v) is 5.10. The summed E-state index contributed by atoms with van der Waals surface area (Å²) in [7, 11) is 0. The number of aromatic hydroxyl groups is 1. The molecule has 0 spiro atoms. The van der Waals surface area contributed by atoms with Crippen molar-refractivity contribution in [2.24, 2.45) is 0 Å². The number of carbonyl (C=O) groups excluding carboxylic acids is 2. The lowest BCUT2D eigenvalue weighted by molar-refractivity contribution is -0.135. The van der Waals surface area contributed by atoms with Crippen molar-refractivity contribution in [3.63, 3.8) is 0 Å². The largest absolute Gasteiger partial charge is 0.508 e. The average Bonchev–Trinajstić information content (AvgIpc) is 2.73. The number of nitrogens with zero attached hydrogens (tertiary/aromatic N) is 2. The molecule has 0 saturated carbocycles. The molecule has 148 valence electrons. The van der Waals surface area contributed by atoms with E-state index in [0.29, 0.717) is 24.2 Å². The highest BCUT2D eigenvalue weighted by molar-refractivity contribution is 5.97. The van der Waals surface area contributed by atoms with E-state index >= 15 is 0 Å². The van der Waals surface area contributed by atoms with Crippen LogP contribution in [0.5, 0.6) is 5.75 Å². The summed E-state index contributed by atoms with van der Waals surface area (Å²) in [6.45, 7) is 3.87. The van der Waals surface area contributed by atoms with E-state index in [1.807, 2.05) is 17.0 Å². The van der Waals surface area contributed by atoms with Crippen molar-refractivity contribution in [1.82, 2.24) is 9.80 Å². The number of aliphatic hydroxyl groups is 1. The van der Waals surface area contributed by atoms with E-state index in [9.17, 15) is 19.8 Å². The Morgan fingerprint density at radius 2 is 1.79 bits per heavy atom. The molecule has 2 N–H and O–H groups in total. The molecular formula is C22H26N2O4. The van der Waals surface area contributed by atoms with Crippen molar-refractivity contribution in [3.05, 3.63) is 53.6 Å². The highest BCUT2D eigenvalue weighted by atomic mass is 16.3. The van der Waals surface area contributed by atoms with Crippen molar-refractivity contribution in [2.45, 2.75) is 26.4 Å². The first-order chi connectivity index (χ1) is 13.5. The molecule has 6 heteroatoms. The fourth-order valence-corrected chi connectivity index (χ4v) is 3.35. The van der Waals surface area contributed by atoms with Crippen LogP contribution >= 0.6 is 0 Å². The second kappa shape index (κ2) is 8.89. The lowest BCUT2D eigenvalue weighted by Gasteiger charge is -2.34. The second-order valence-electron chi connectivity index (χ2n) is 7.04. The number of carbonyl (C=O) groups is 2. The molecule has 1 aliphatic heterocycles. The van der Waals surface area contributed by atoms with Gasteiger partial charge in [-0.3, -0.25) is 9.59 Å². The molecule has 0 aromatic heterocycles. The van der Waals surface area contributed by atoms with Crippen LogP contribution in [0.25, 0.3) is 11.1 Å². The van der Waals surface area contributed by atoms with Gasteiger partial charge in [0.05, 0.1) is 6.61 Å². The molecule has 2 amide bonds. The summed E-state index contributed by atoms with van der Waals surface area (Å²) in [6, 6.07) is 12.2. The van der Waals surface area contributed by atoms with Crippen molar-refractivity contribution in [1.29, 1.82) is 0 Å². The first kappa shape index (κ1) is 19.9. The normalized spacial score (nSPS) is 14.4. The lowest BCUT2D eigenvalue weighted by Crippen LogP contribution is -2.52. The van der Waals surface area contributed by atoms with Gasteiger partial charge < -0.3 is 20.0 Å². The van der Waals surface area contributed by atoms with E-state index in [1.54, 1.807) is 35.2 Å². The molecule has 28 heavy (non-hydrogen) atoms. The van der Waals surface area contributed by atoms with E-state index in [2.05, 4.69) is 6.92 Å². The van der Waals surface area contributed by atoms with E-state index in [0.717, 1.165) is 30.5 Å². The van der Waals surface area contributed by atoms with Crippen LogP contribution in [-0.2, 0) is 11.4 Å². The fourth-order valence-electron chi connectivity index (χ4n) is 3.35. The van der Waals surface area contributed by atoms with Crippen LogP contribution < -0.4 is 0 Å². The minimum atomic E-state index is -0.242. The minimum Gasteiger partial charge on any atom is -0.508 e. The number of hydrogen-bond acceptors (Lipinski definition) is 4. The van der Waals surface area contributed by atoms with Gasteiger partial charge in [0.25, 0.3) is 5.91 Å². The Hall–Kier alpha value is -2.86. The van der Waals surface area contributed by atoms with E-state index in [4.69, 9.17) is 0 Å². The summed E-state index contributed by atoms with van der Waals surface area (Å²) in [5.74, 6) is -0.0807. The number of hydrogen-bond donors (Lipinski definition) is 2. The van der Waals surface area contributed by atoms with E-state index in [1.165, 1.54) is 0 Å². The summed E-state index contributed by atoms with van der Waals surface area (Å²) in [5.41, 5.74) is 2.73. The molecule has 1 heterocycles. The first-order valence-electron chi connectivity index (χ1n) is 9.63. The van der Waals surface area contributed by atoms with Gasteiger partial charge in [-0.2, -0.15) is 0 Å². The fraction of sp³-hybridized carbons (Fsp3) is 0.364. The van der Waals surface area contributed by atoms with Gasteiger partial charge in [0, 0.05) is 30.8 Å². The Bertz CT molecular complexity index is 848. The van der Waals surface area contributed by atoms with Crippen LogP contribution in [0.15, 0.2) is 42.5 Å². The van der Waals surface area contributed by atoms with Gasteiger partial charge in [-0.25, -0.2) is 0 Å². The first-order valence-corrected chi connectivity index (χ1v) is 9.63. The molecule has 1 saturated heterocycles. The van der Waals surface area contributed by atoms with Crippen LogP contribution in [0.1, 0.15) is 35.7 Å². The average molecular weight is 382 g/mol. The predicted molar refractivity (Wildman–Crippen MR) is 107 cm³/mol. The van der Waals surface area contributed by atoms with Crippen LogP contribution in [0.3, 0.4) is 0 Å². The van der Waals surface area contributed by atoms with Crippen LogP contribution in [-0.4, -0.2) is 58.0 Å². The topological polar surface area (TPSA) is 81.1 Å². The zero-order valence-electron chi connectivity index (χ0n) is 16.1. The molecule has 1 aliphatic rings. The van der Waals surface area contributed by atoms with Crippen molar-refractivity contribution in [3.8, 4) is 16.9 Å². The van der Waals surface area contributed by atoms with E-state index < -0.39 is 0 Å². The number of unbranched alkanes of at least 4 members (excludes halogenated alkanes) is 1. The van der Waals surface area contributed by atoms with Gasteiger partial charge in [0.1, 0.15) is 12.3 Å². The molecule has 0 atom stereocenters. The zero-order chi connectivity index (χ0) is 20.1. The Morgan fingerprint density at radius 1 is 1.07 bits per heavy atom. The van der Waals surface area contributed by atoms with Crippen molar-refractivity contribution in [2.75, 3.05) is 26.2 Å². The number of rotatable bonds is 6. The Kier molecular flexibility index (Phi) is 6.31. The third-order valence-electron chi connectivity index (χ3n) is 5.10. The third kappa shape index (κ3) is 4.34. The number of piperazine rings is 1. The second-order valence-corrected chi connectivity index (χ2v) is 7.04. The summed E-state index contributed by atoms with van der Waals surface area (Å²) in [5, 5.41) is 19.0. The number of phenols is 1. The minimum absolute atomic E-state index is 0.00490. The van der Waals surface area contributed by atoms with Crippen LogP contribution in [0.4, 0.5) is 0 Å². The highest BCUT2D eigenvalue weighted by Crippen LogP contribution is 2.26. The quantitative estimate of drug-likeness (QED) is 0.805. The maximum Gasteiger partial charge on any atom is 0.254 e. The SMILES string of the molecule is CCCCN1CCN(C(=O)c2ccc(-c3ccc(O)c(CO)c3)cc2)CC1=O. The summed E-state index contributed by atoms with van der Waals surface area (Å²) in [6.07, 6.45) is 2.02. The van der Waals surface area contributed by atoms with Crippen LogP contribution in [0.2, 0.25) is 0 Å². The molecule has 1 fully saturated rings. The van der Waals surface area contributed by atoms with Crippen molar-refractivity contribution < 1.29 is 19.8 Å². The van der Waals surface area contributed by atoms with Gasteiger partial charge in [0.2, 0.25) is 5.91 Å². The smallest absolute Gasteiger partial charge is 0.254 e. The summed E-state index contributed by atoms with van der Waals surface area (Å²) < 4.78 is 0. The summed E-state index contributed by atoms with van der Waals surface area (Å²) in [4.78, 5) is 28.4. The molecule has 3 rings (SSSR count). The van der Waals surface area contributed by atoms with Gasteiger partial charge >= 0.3 is 0 Å². The number of benzene rings is 2. The molecule has 2 aromatic carbocycles. The standard InChI is InChI=1S/C22H26N2O4/c1-2-3-10-23-11-12-24(14-21(23)27)22(28)17-6-4-16(5-7-17)18-8-9-20(26)19(13-18)15-25/h4-9,13,25-26H,2-3,10-12,14-15H2,1H3. The Balaban J connectivity index is 1.68. The monoisotopic (exact) mass is 382 g/mol. The van der Waals surface area contributed by atoms with Gasteiger partial charge in [-0.05, 0) is 41.8 Å². The predicted octanol–water partition coefficient (Wildman–Crippen LogP) is 2.64.